The number of nitrogens with one attached hydrogen (secondary N) is 1. The van der Waals surface area contributed by atoms with Crippen molar-refractivity contribution < 1.29 is 27.9 Å². The van der Waals surface area contributed by atoms with Gasteiger partial charge in [0, 0.05) is 38.2 Å². The zero-order chi connectivity index (χ0) is 25.5. The highest BCUT2D eigenvalue weighted by Crippen LogP contribution is 2.40. The Hall–Kier alpha value is -3.20. The van der Waals surface area contributed by atoms with E-state index in [9.17, 15) is 27.9 Å². The van der Waals surface area contributed by atoms with E-state index >= 15 is 0 Å². The first-order valence-electron chi connectivity index (χ1n) is 9.93. The van der Waals surface area contributed by atoms with E-state index in [-0.39, 0.29) is 38.9 Å². The summed E-state index contributed by atoms with van der Waals surface area (Å²) in [4.78, 5) is 25.8. The van der Waals surface area contributed by atoms with Crippen molar-refractivity contribution in [1.29, 1.82) is 0 Å². The second-order valence-corrected chi connectivity index (χ2v) is 8.82. The van der Waals surface area contributed by atoms with Gasteiger partial charge in [-0.05, 0) is 54.1 Å². The number of benzene rings is 3. The number of phenolic OH excluding ortho intramolecular Hbond substituents is 1. The molecule has 0 bridgehead atoms. The molecule has 0 aliphatic carbocycles. The molecule has 0 atom stereocenters. The van der Waals surface area contributed by atoms with Gasteiger partial charge in [-0.15, -0.1) is 0 Å². The SMILES string of the molecule is O=C(Nc1cccc(Cl)c1)C(=O)c1c(C(F)(F)F)n(Cc2ccc(Cl)cc2Cl)c2ccc(O)cc12. The summed E-state index contributed by atoms with van der Waals surface area (Å²) in [6.07, 6.45) is -5.03. The Bertz CT molecular complexity index is 1480. The molecular weight excluding hydrogens is 528 g/mol. The Labute approximate surface area is 211 Å². The number of rotatable bonds is 5. The lowest BCUT2D eigenvalue weighted by molar-refractivity contribution is -0.143. The van der Waals surface area contributed by atoms with Crippen LogP contribution in [-0.2, 0) is 17.5 Å². The predicted molar refractivity (Wildman–Crippen MR) is 129 cm³/mol. The molecule has 5 nitrogen and oxygen atoms in total. The second-order valence-electron chi connectivity index (χ2n) is 7.54. The number of fused-ring (bicyclic) bond motifs is 1. The number of aromatic nitrogens is 1. The van der Waals surface area contributed by atoms with Gasteiger partial charge in [0.15, 0.2) is 0 Å². The molecule has 180 valence electrons. The number of alkyl halides is 3. The van der Waals surface area contributed by atoms with E-state index in [4.69, 9.17) is 34.8 Å². The van der Waals surface area contributed by atoms with Crippen molar-refractivity contribution >= 4 is 63.1 Å². The van der Waals surface area contributed by atoms with Crippen LogP contribution in [0.1, 0.15) is 21.6 Å². The van der Waals surface area contributed by atoms with Crippen molar-refractivity contribution in [3.05, 3.63) is 92.6 Å². The number of Topliss-reactive ketones (excluding diaryl/α,β-unsaturated/α-hetero) is 1. The average Bonchev–Trinajstić information content (AvgIpc) is 3.08. The number of phenols is 1. The van der Waals surface area contributed by atoms with Gasteiger partial charge in [0.1, 0.15) is 11.4 Å². The van der Waals surface area contributed by atoms with Gasteiger partial charge in [-0.2, -0.15) is 13.2 Å². The van der Waals surface area contributed by atoms with E-state index in [0.717, 1.165) is 10.6 Å². The smallest absolute Gasteiger partial charge is 0.432 e. The van der Waals surface area contributed by atoms with E-state index in [1.54, 1.807) is 0 Å². The van der Waals surface area contributed by atoms with Crippen LogP contribution in [0.5, 0.6) is 5.75 Å². The van der Waals surface area contributed by atoms with E-state index in [2.05, 4.69) is 5.32 Å². The molecule has 0 saturated carbocycles. The van der Waals surface area contributed by atoms with E-state index < -0.39 is 29.1 Å². The number of hydrogen-bond acceptors (Lipinski definition) is 3. The van der Waals surface area contributed by atoms with E-state index in [0.29, 0.717) is 10.6 Å². The normalized spacial score (nSPS) is 11.6. The summed E-state index contributed by atoms with van der Waals surface area (Å²) in [6, 6.07) is 13.5. The maximum atomic E-state index is 14.4. The third-order valence-corrected chi connectivity index (χ3v) is 6.00. The van der Waals surface area contributed by atoms with Crippen molar-refractivity contribution in [2.45, 2.75) is 12.7 Å². The number of hydrogen-bond donors (Lipinski definition) is 2. The molecule has 4 aromatic rings. The lowest BCUT2D eigenvalue weighted by atomic mass is 10.0. The minimum absolute atomic E-state index is 0.0277. The number of halogens is 6. The summed E-state index contributed by atoms with van der Waals surface area (Å²) in [5, 5.41) is 12.7. The Morgan fingerprint density at radius 3 is 2.31 bits per heavy atom. The minimum atomic E-state index is -5.03. The van der Waals surface area contributed by atoms with Crippen molar-refractivity contribution in [3.8, 4) is 5.75 Å². The highest BCUT2D eigenvalue weighted by Gasteiger charge is 2.42. The fourth-order valence-corrected chi connectivity index (χ4v) is 4.38. The highest BCUT2D eigenvalue weighted by molar-refractivity contribution is 6.49. The number of carbonyl (C=O) groups excluding carboxylic acids is 2. The highest BCUT2D eigenvalue weighted by atomic mass is 35.5. The van der Waals surface area contributed by atoms with Crippen LogP contribution in [0.2, 0.25) is 15.1 Å². The first kappa shape index (κ1) is 24.9. The summed E-state index contributed by atoms with van der Waals surface area (Å²) in [6.45, 7) is -0.380. The fourth-order valence-electron chi connectivity index (χ4n) is 3.72. The lowest BCUT2D eigenvalue weighted by Gasteiger charge is -2.15. The second kappa shape index (κ2) is 9.45. The number of ketones is 1. The maximum Gasteiger partial charge on any atom is 0.432 e. The van der Waals surface area contributed by atoms with Crippen molar-refractivity contribution in [3.63, 3.8) is 0 Å². The maximum absolute atomic E-state index is 14.4. The molecule has 35 heavy (non-hydrogen) atoms. The van der Waals surface area contributed by atoms with Gasteiger partial charge in [-0.25, -0.2) is 0 Å². The largest absolute Gasteiger partial charge is 0.508 e. The molecule has 0 aliphatic heterocycles. The molecule has 0 radical (unpaired) electrons. The molecule has 0 aliphatic rings. The topological polar surface area (TPSA) is 71.3 Å². The summed E-state index contributed by atoms with van der Waals surface area (Å²) >= 11 is 18.0. The third-order valence-electron chi connectivity index (χ3n) is 5.17. The molecule has 0 spiro atoms. The Balaban J connectivity index is 1.90. The number of anilines is 1. The Morgan fingerprint density at radius 2 is 1.66 bits per heavy atom. The van der Waals surface area contributed by atoms with Crippen LogP contribution in [0.15, 0.2) is 60.7 Å². The standard InChI is InChI=1S/C24H14Cl3F3N2O3/c25-13-2-1-3-15(8-13)31-23(35)21(34)20-17-10-16(33)6-7-19(17)32(22(20)24(28,29)30)11-12-4-5-14(26)9-18(12)27/h1-10,33H,11H2,(H,31,35). The van der Waals surface area contributed by atoms with Crippen LogP contribution in [-0.4, -0.2) is 21.4 Å². The van der Waals surface area contributed by atoms with Crippen molar-refractivity contribution in [1.82, 2.24) is 4.57 Å². The van der Waals surface area contributed by atoms with Crippen molar-refractivity contribution in [2.75, 3.05) is 5.32 Å². The monoisotopic (exact) mass is 540 g/mol. The average molecular weight is 542 g/mol. The Kier molecular flexibility index (Phi) is 6.73. The van der Waals surface area contributed by atoms with Gasteiger partial charge in [0.25, 0.3) is 11.7 Å². The zero-order valence-electron chi connectivity index (χ0n) is 17.5. The van der Waals surface area contributed by atoms with E-state index in [1.165, 1.54) is 54.6 Å². The summed E-state index contributed by atoms with van der Waals surface area (Å²) < 4.78 is 44.0. The number of aromatic hydroxyl groups is 1. The fraction of sp³-hybridized carbons (Fsp3) is 0.0833. The molecule has 0 unspecified atom stereocenters. The number of amides is 1. The van der Waals surface area contributed by atoms with Gasteiger partial charge in [0.2, 0.25) is 0 Å². The van der Waals surface area contributed by atoms with Gasteiger partial charge in [-0.1, -0.05) is 46.9 Å². The first-order valence-corrected chi connectivity index (χ1v) is 11.1. The summed E-state index contributed by atoms with van der Waals surface area (Å²) in [5.41, 5.74) is -1.85. The van der Waals surface area contributed by atoms with Gasteiger partial charge in [-0.3, -0.25) is 9.59 Å². The van der Waals surface area contributed by atoms with Crippen LogP contribution >= 0.6 is 34.8 Å². The van der Waals surface area contributed by atoms with Crippen LogP contribution < -0.4 is 5.32 Å². The van der Waals surface area contributed by atoms with Gasteiger partial charge >= 0.3 is 6.18 Å². The van der Waals surface area contributed by atoms with Crippen molar-refractivity contribution in [2.24, 2.45) is 0 Å². The molecule has 2 N–H and O–H groups in total. The molecule has 0 fully saturated rings. The molecule has 3 aromatic carbocycles. The minimum Gasteiger partial charge on any atom is -0.508 e. The molecule has 1 heterocycles. The summed E-state index contributed by atoms with van der Waals surface area (Å²) in [5.74, 6) is -3.12. The lowest BCUT2D eigenvalue weighted by Crippen LogP contribution is -2.26. The number of nitrogens with zero attached hydrogens (tertiary/aromatic N) is 1. The van der Waals surface area contributed by atoms with Crippen LogP contribution in [0.4, 0.5) is 18.9 Å². The molecule has 11 heteroatoms. The van der Waals surface area contributed by atoms with Gasteiger partial charge in [0.05, 0.1) is 5.56 Å². The van der Waals surface area contributed by atoms with Crippen LogP contribution in [0.3, 0.4) is 0 Å². The first-order chi connectivity index (χ1) is 16.5. The molecular formula is C24H14Cl3F3N2O3. The van der Waals surface area contributed by atoms with Gasteiger partial charge < -0.3 is 15.0 Å². The zero-order valence-corrected chi connectivity index (χ0v) is 19.7. The summed E-state index contributed by atoms with van der Waals surface area (Å²) in [7, 11) is 0. The van der Waals surface area contributed by atoms with Crippen LogP contribution in [0.25, 0.3) is 10.9 Å². The van der Waals surface area contributed by atoms with E-state index in [1.807, 2.05) is 0 Å². The molecule has 4 rings (SSSR count). The Morgan fingerprint density at radius 1 is 0.943 bits per heavy atom. The van der Waals surface area contributed by atoms with Crippen LogP contribution in [0, 0.1) is 0 Å². The molecule has 1 aromatic heterocycles. The third kappa shape index (κ3) is 5.10. The predicted octanol–water partition coefficient (Wildman–Crippen LogP) is 7.20. The quantitative estimate of drug-likeness (QED) is 0.207. The molecule has 0 saturated heterocycles. The number of carbonyl (C=O) groups is 2. The molecule has 1 amide bonds.